The van der Waals surface area contributed by atoms with Gasteiger partial charge in [0.1, 0.15) is 5.76 Å². The van der Waals surface area contributed by atoms with E-state index < -0.39 is 0 Å². The largest absolute Gasteiger partial charge is 0.477 e. The molecule has 1 radical (unpaired) electrons. The molecule has 3 nitrogen and oxygen atoms in total. The first kappa shape index (κ1) is 34.2. The van der Waals surface area contributed by atoms with Gasteiger partial charge in [-0.1, -0.05) is 128 Å². The van der Waals surface area contributed by atoms with E-state index in [1.807, 2.05) is 66.9 Å². The smallest absolute Gasteiger partial charge is 0.123 e. The van der Waals surface area contributed by atoms with E-state index in [4.69, 9.17) is 9.40 Å². The summed E-state index contributed by atoms with van der Waals surface area (Å²) in [5, 5.41) is 1.09. The number of hydrogen-bond donors (Lipinski definition) is 0. The van der Waals surface area contributed by atoms with Crippen LogP contribution in [0.4, 0.5) is 0 Å². The zero-order chi connectivity index (χ0) is 32.7. The zero-order valence-electron chi connectivity index (χ0n) is 28.0. The van der Waals surface area contributed by atoms with Gasteiger partial charge in [-0.2, -0.15) is 0 Å². The number of benzene rings is 4. The summed E-state index contributed by atoms with van der Waals surface area (Å²) in [6, 6.07) is 48.6. The van der Waals surface area contributed by atoms with Crippen molar-refractivity contribution in [2.24, 2.45) is 0 Å². The van der Waals surface area contributed by atoms with Crippen LogP contribution in [0.15, 0.2) is 138 Å². The zero-order valence-corrected chi connectivity index (χ0v) is 30.4. The Morgan fingerprint density at radius 1 is 0.673 bits per heavy atom. The van der Waals surface area contributed by atoms with Crippen LogP contribution in [0.5, 0.6) is 0 Å². The molecule has 8 rings (SSSR count). The van der Waals surface area contributed by atoms with Crippen LogP contribution in [0.3, 0.4) is 0 Å². The van der Waals surface area contributed by atoms with Gasteiger partial charge in [0.15, 0.2) is 0 Å². The minimum atomic E-state index is 0. The van der Waals surface area contributed by atoms with E-state index in [1.165, 1.54) is 48.8 Å². The molecule has 7 aromatic rings. The molecule has 0 amide bonds. The van der Waals surface area contributed by atoms with E-state index in [9.17, 15) is 0 Å². The quantitative estimate of drug-likeness (QED) is 0.157. The molecule has 0 unspecified atom stereocenters. The van der Waals surface area contributed by atoms with Gasteiger partial charge in [0, 0.05) is 38.1 Å². The first-order valence-corrected chi connectivity index (χ1v) is 17.1. The van der Waals surface area contributed by atoms with E-state index >= 15 is 0 Å². The van der Waals surface area contributed by atoms with Gasteiger partial charge in [0.2, 0.25) is 0 Å². The van der Waals surface area contributed by atoms with E-state index in [-0.39, 0.29) is 20.1 Å². The van der Waals surface area contributed by atoms with E-state index in [1.54, 1.807) is 6.20 Å². The molecule has 3 aromatic heterocycles. The second-order valence-corrected chi connectivity index (χ2v) is 12.9. The molecule has 3 heterocycles. The van der Waals surface area contributed by atoms with Gasteiger partial charge >= 0.3 is 0 Å². The Morgan fingerprint density at radius 3 is 2.14 bits per heavy atom. The normalized spacial score (nSPS) is 13.0. The third-order valence-electron chi connectivity index (χ3n) is 9.29. The summed E-state index contributed by atoms with van der Waals surface area (Å²) >= 11 is 0. The summed E-state index contributed by atoms with van der Waals surface area (Å²) in [6.07, 6.45) is 10.4. The van der Waals surface area contributed by atoms with Crippen LogP contribution in [-0.4, -0.2) is 9.97 Å². The average Bonchev–Trinajstić information content (AvgIpc) is 3.61. The van der Waals surface area contributed by atoms with Gasteiger partial charge in [0.05, 0.1) is 5.58 Å². The van der Waals surface area contributed by atoms with Crippen LogP contribution in [0.1, 0.15) is 68.9 Å². The molecule has 1 aliphatic rings. The molecule has 49 heavy (non-hydrogen) atoms. The first-order chi connectivity index (χ1) is 23.6. The summed E-state index contributed by atoms with van der Waals surface area (Å²) in [6.45, 7) is 4.42. The summed E-state index contributed by atoms with van der Waals surface area (Å²) in [5.41, 5.74) is 10.9. The second kappa shape index (κ2) is 16.2. The number of nitrogens with zero attached hydrogens (tertiary/aromatic N) is 2. The molecule has 1 saturated carbocycles. The minimum absolute atomic E-state index is 0. The SMILES string of the molecule is CC(C)c1ccnc(-c2[c-]c3oc(-c4ccccc4)cc3c(-c3ccc(C4CCCCC4)cc3)c2)c1.[Ir].[c-]1ccccc1-c1ccccn1. The Bertz CT molecular complexity index is 2030. The van der Waals surface area contributed by atoms with Crippen molar-refractivity contribution < 1.29 is 24.5 Å². The molecule has 0 N–H and O–H groups in total. The fourth-order valence-corrected chi connectivity index (χ4v) is 6.58. The van der Waals surface area contributed by atoms with Crippen molar-refractivity contribution in [2.45, 2.75) is 57.8 Å². The number of aromatic nitrogens is 2. The van der Waals surface area contributed by atoms with Crippen LogP contribution in [-0.2, 0) is 20.1 Å². The van der Waals surface area contributed by atoms with Crippen LogP contribution in [0, 0.1) is 12.1 Å². The molecule has 1 aliphatic carbocycles. The summed E-state index contributed by atoms with van der Waals surface area (Å²) < 4.78 is 6.39. The van der Waals surface area contributed by atoms with Crippen molar-refractivity contribution in [2.75, 3.05) is 0 Å². The molecule has 0 atom stereocenters. The van der Waals surface area contributed by atoms with E-state index in [2.05, 4.69) is 91.6 Å². The van der Waals surface area contributed by atoms with Crippen molar-refractivity contribution in [1.82, 2.24) is 9.97 Å². The molecule has 1 fully saturated rings. The molecular weight excluding hydrogens is 777 g/mol. The third-order valence-corrected chi connectivity index (χ3v) is 9.29. The van der Waals surface area contributed by atoms with Crippen LogP contribution >= 0.6 is 0 Å². The summed E-state index contributed by atoms with van der Waals surface area (Å²) in [7, 11) is 0. The summed E-state index contributed by atoms with van der Waals surface area (Å²) in [5.74, 6) is 2.01. The molecular formula is C45H40IrN2O-2. The Kier molecular flexibility index (Phi) is 11.3. The van der Waals surface area contributed by atoms with E-state index in [0.29, 0.717) is 11.8 Å². The fourth-order valence-electron chi connectivity index (χ4n) is 6.58. The van der Waals surface area contributed by atoms with Gasteiger partial charge in [-0.15, -0.1) is 47.5 Å². The molecule has 0 bridgehead atoms. The Balaban J connectivity index is 0.000000270. The Morgan fingerprint density at radius 2 is 1.43 bits per heavy atom. The summed E-state index contributed by atoms with van der Waals surface area (Å²) in [4.78, 5) is 8.92. The second-order valence-electron chi connectivity index (χ2n) is 12.9. The first-order valence-electron chi connectivity index (χ1n) is 17.1. The molecule has 0 spiro atoms. The van der Waals surface area contributed by atoms with E-state index in [0.717, 1.165) is 50.4 Å². The molecule has 247 valence electrons. The van der Waals surface area contributed by atoms with Crippen molar-refractivity contribution in [3.05, 3.63) is 157 Å². The number of fused-ring (bicyclic) bond motifs is 1. The van der Waals surface area contributed by atoms with Gasteiger partial charge in [-0.05, 0) is 65.4 Å². The standard InChI is InChI=1S/C34H32NO.C11H8N.Ir/c1-23(2)28-17-18-35-32(20-28)29-19-30(26-15-13-25(14-16-26)24-9-5-3-6-10-24)31-22-33(36-34(31)21-29)27-11-7-4-8-12-27;1-2-6-10(7-3-1)11-8-4-5-9-12-11;/h4,7-8,11-20,22-24H,3,5-6,9-10H2,1-2H3;1-6,8-9H;/q2*-1;. The van der Waals surface area contributed by atoms with Gasteiger partial charge in [-0.25, -0.2) is 0 Å². The van der Waals surface area contributed by atoms with Gasteiger partial charge in [0.25, 0.3) is 0 Å². The average molecular weight is 817 g/mol. The molecule has 4 heteroatoms. The third kappa shape index (κ3) is 8.16. The molecule has 0 saturated heterocycles. The van der Waals surface area contributed by atoms with Crippen molar-refractivity contribution in [3.8, 4) is 45.0 Å². The van der Waals surface area contributed by atoms with Crippen LogP contribution < -0.4 is 0 Å². The predicted molar refractivity (Wildman–Crippen MR) is 198 cm³/mol. The topological polar surface area (TPSA) is 38.9 Å². The van der Waals surface area contributed by atoms with Crippen molar-refractivity contribution >= 4 is 11.0 Å². The molecule has 0 aliphatic heterocycles. The maximum absolute atomic E-state index is 6.39. The van der Waals surface area contributed by atoms with Crippen LogP contribution in [0.2, 0.25) is 0 Å². The number of rotatable bonds is 6. The van der Waals surface area contributed by atoms with Crippen molar-refractivity contribution in [1.29, 1.82) is 0 Å². The number of pyridine rings is 2. The Labute approximate surface area is 303 Å². The predicted octanol–water partition coefficient (Wildman–Crippen LogP) is 12.3. The van der Waals surface area contributed by atoms with Gasteiger partial charge < -0.3 is 14.4 Å². The van der Waals surface area contributed by atoms with Gasteiger partial charge in [-0.3, -0.25) is 0 Å². The fraction of sp³-hybridized carbons (Fsp3) is 0.200. The molecule has 4 aromatic carbocycles. The monoisotopic (exact) mass is 817 g/mol. The van der Waals surface area contributed by atoms with Crippen molar-refractivity contribution in [3.63, 3.8) is 0 Å². The maximum atomic E-state index is 6.39. The minimum Gasteiger partial charge on any atom is -0.477 e. The van der Waals surface area contributed by atoms with Crippen LogP contribution in [0.25, 0.3) is 55.9 Å². The Hall–Kier alpha value is -4.63. The maximum Gasteiger partial charge on any atom is 0.123 e. The number of hydrogen-bond acceptors (Lipinski definition) is 3. The number of furan rings is 1.